The van der Waals surface area contributed by atoms with E-state index >= 15 is 0 Å². The summed E-state index contributed by atoms with van der Waals surface area (Å²) < 4.78 is 43.9. The van der Waals surface area contributed by atoms with Crippen molar-refractivity contribution in [2.45, 2.75) is 38.2 Å². The lowest BCUT2D eigenvalue weighted by molar-refractivity contribution is -0.147. The normalized spacial score (nSPS) is 15.1. The first-order valence-corrected chi connectivity index (χ1v) is 13.2. The van der Waals surface area contributed by atoms with Gasteiger partial charge in [-0.15, -0.1) is 0 Å². The van der Waals surface area contributed by atoms with Crippen LogP contribution in [0, 0.1) is 17.1 Å². The molecule has 0 spiro atoms. The van der Waals surface area contributed by atoms with Crippen LogP contribution < -0.4 is 21.5 Å². The molecule has 1 aliphatic rings. The largest absolute Gasteiger partial charge is 0.351 e. The third-order valence-electron chi connectivity index (χ3n) is 6.91. The summed E-state index contributed by atoms with van der Waals surface area (Å²) in [5.41, 5.74) is 2.52. The second kappa shape index (κ2) is 13.8. The Labute approximate surface area is 241 Å². The van der Waals surface area contributed by atoms with Gasteiger partial charge >= 0.3 is 17.9 Å². The van der Waals surface area contributed by atoms with Gasteiger partial charge in [-0.05, 0) is 36.9 Å². The summed E-state index contributed by atoms with van der Waals surface area (Å²) in [7, 11) is 1.94. The van der Waals surface area contributed by atoms with Crippen LogP contribution in [-0.4, -0.2) is 72.8 Å². The van der Waals surface area contributed by atoms with Crippen molar-refractivity contribution in [3.05, 3.63) is 65.0 Å². The molecule has 1 heterocycles. The van der Waals surface area contributed by atoms with E-state index in [4.69, 9.17) is 5.26 Å². The number of carbonyl (C=O) groups excluding carboxylic acids is 4. The zero-order valence-corrected chi connectivity index (χ0v) is 23.3. The van der Waals surface area contributed by atoms with Gasteiger partial charge in [-0.3, -0.25) is 19.8 Å². The molecule has 4 N–H and O–H groups in total. The fourth-order valence-corrected chi connectivity index (χ4v) is 4.27. The molecule has 0 saturated carbocycles. The number of likely N-dealkylation sites (N-methyl/N-ethyl adjacent to an activating group) is 1. The first-order valence-electron chi connectivity index (χ1n) is 13.2. The van der Waals surface area contributed by atoms with Crippen molar-refractivity contribution >= 4 is 29.4 Å². The number of nitrogens with one attached hydrogen (secondary N) is 4. The van der Waals surface area contributed by atoms with Gasteiger partial charge in [0.05, 0.1) is 17.3 Å². The SMILES string of the molecule is CCC(=O)N[C@@H](C(=O)N1CCN(C)CC1)[C@@H](C)c1ccc(NC(=O)NNC(=O)C(F)(F)c2cccc(C#N)c2)c(F)c1. The van der Waals surface area contributed by atoms with Crippen LogP contribution in [0.5, 0.6) is 0 Å². The van der Waals surface area contributed by atoms with Crippen molar-refractivity contribution in [3.63, 3.8) is 0 Å². The molecule has 2 atom stereocenters. The molecule has 0 aliphatic carbocycles. The van der Waals surface area contributed by atoms with Crippen LogP contribution in [0.15, 0.2) is 42.5 Å². The van der Waals surface area contributed by atoms with Crippen molar-refractivity contribution in [1.82, 2.24) is 26.0 Å². The third-order valence-corrected chi connectivity index (χ3v) is 6.91. The Morgan fingerprint density at radius 2 is 1.74 bits per heavy atom. The number of halogens is 3. The number of hydrogen-bond acceptors (Lipinski definition) is 6. The molecule has 3 rings (SSSR count). The molecule has 1 saturated heterocycles. The van der Waals surface area contributed by atoms with Crippen molar-refractivity contribution in [1.29, 1.82) is 5.26 Å². The van der Waals surface area contributed by atoms with Gasteiger partial charge in [0, 0.05) is 44.1 Å². The minimum Gasteiger partial charge on any atom is -0.344 e. The Bertz CT molecular complexity index is 1370. The summed E-state index contributed by atoms with van der Waals surface area (Å²) in [5.74, 6) is -8.10. The van der Waals surface area contributed by atoms with Crippen LogP contribution in [0.1, 0.15) is 42.9 Å². The third kappa shape index (κ3) is 7.76. The van der Waals surface area contributed by atoms with E-state index in [1.165, 1.54) is 24.3 Å². The van der Waals surface area contributed by atoms with E-state index in [0.717, 1.165) is 18.2 Å². The van der Waals surface area contributed by atoms with Gasteiger partial charge in [0.15, 0.2) is 0 Å². The van der Waals surface area contributed by atoms with Gasteiger partial charge in [-0.2, -0.15) is 14.0 Å². The van der Waals surface area contributed by atoms with Crippen LogP contribution in [0.2, 0.25) is 0 Å². The maximum absolute atomic E-state index is 15.0. The highest BCUT2D eigenvalue weighted by atomic mass is 19.3. The lowest BCUT2D eigenvalue weighted by Gasteiger charge is -2.36. The highest BCUT2D eigenvalue weighted by molar-refractivity contribution is 5.93. The first-order chi connectivity index (χ1) is 19.9. The number of amides is 5. The predicted octanol–water partition coefficient (Wildman–Crippen LogP) is 2.41. The number of piperazine rings is 1. The standard InChI is InChI=1S/C28H32F3N7O4/c1-4-23(39)34-24(25(40)38-12-10-37(3)11-13-38)17(2)19-8-9-22(21(29)15-19)33-27(42)36-35-26(41)28(30,31)20-7-5-6-18(14-20)16-32/h5-9,14-15,17,24H,4,10-13H2,1-3H3,(H,34,39)(H,35,41)(H2,33,36,42)/t17-,24+/m0/s1. The molecule has 5 amide bonds. The lowest BCUT2D eigenvalue weighted by atomic mass is 9.91. The zero-order chi connectivity index (χ0) is 31.0. The highest BCUT2D eigenvalue weighted by Crippen LogP contribution is 2.29. The summed E-state index contributed by atoms with van der Waals surface area (Å²) in [6.07, 6.45) is 0.153. The van der Waals surface area contributed by atoms with Gasteiger partial charge in [0.2, 0.25) is 11.8 Å². The maximum atomic E-state index is 15.0. The van der Waals surface area contributed by atoms with Crippen LogP contribution in [-0.2, 0) is 20.3 Å². The first kappa shape index (κ1) is 31.9. The maximum Gasteiger partial charge on any atom is 0.351 e. The number of nitriles is 1. The fourth-order valence-electron chi connectivity index (χ4n) is 4.27. The Balaban J connectivity index is 1.66. The van der Waals surface area contributed by atoms with Crippen LogP contribution in [0.4, 0.5) is 23.7 Å². The monoisotopic (exact) mass is 587 g/mol. The van der Waals surface area contributed by atoms with Gasteiger partial charge < -0.3 is 20.4 Å². The van der Waals surface area contributed by atoms with E-state index < -0.39 is 41.2 Å². The Kier molecular flexibility index (Phi) is 10.5. The molecule has 224 valence electrons. The number of alkyl halides is 2. The average Bonchev–Trinajstić information content (AvgIpc) is 2.99. The number of benzene rings is 2. The number of carbonyl (C=O) groups is 4. The summed E-state index contributed by atoms with van der Waals surface area (Å²) in [5, 5.41) is 13.7. The minimum absolute atomic E-state index is 0.0818. The topological polar surface area (TPSA) is 147 Å². The second-order valence-electron chi connectivity index (χ2n) is 9.86. The molecule has 14 heteroatoms. The van der Waals surface area contributed by atoms with Crippen molar-refractivity contribution in [2.75, 3.05) is 38.5 Å². The summed E-state index contributed by atoms with van der Waals surface area (Å²) in [6.45, 7) is 5.66. The van der Waals surface area contributed by atoms with Crippen LogP contribution in [0.25, 0.3) is 0 Å². The van der Waals surface area contributed by atoms with Gasteiger partial charge in [0.1, 0.15) is 11.9 Å². The predicted molar refractivity (Wildman–Crippen MR) is 146 cm³/mol. The van der Waals surface area contributed by atoms with E-state index in [1.54, 1.807) is 35.7 Å². The number of anilines is 1. The average molecular weight is 588 g/mol. The molecule has 0 unspecified atom stereocenters. The van der Waals surface area contributed by atoms with E-state index in [1.807, 2.05) is 7.05 Å². The van der Waals surface area contributed by atoms with Crippen molar-refractivity contribution < 1.29 is 32.3 Å². The summed E-state index contributed by atoms with van der Waals surface area (Å²) >= 11 is 0. The molecular formula is C28H32F3N7O4. The van der Waals surface area contributed by atoms with Gasteiger partial charge in [-0.1, -0.05) is 32.0 Å². The molecule has 0 radical (unpaired) electrons. The van der Waals surface area contributed by atoms with E-state index in [2.05, 4.69) is 15.5 Å². The quantitative estimate of drug-likeness (QED) is 0.349. The number of hydrogen-bond donors (Lipinski definition) is 4. The zero-order valence-electron chi connectivity index (χ0n) is 23.3. The molecule has 11 nitrogen and oxygen atoms in total. The van der Waals surface area contributed by atoms with Crippen molar-refractivity contribution in [2.24, 2.45) is 0 Å². The van der Waals surface area contributed by atoms with Crippen LogP contribution >= 0.6 is 0 Å². The Morgan fingerprint density at radius 1 is 1.05 bits per heavy atom. The van der Waals surface area contributed by atoms with E-state index in [0.29, 0.717) is 31.7 Å². The lowest BCUT2D eigenvalue weighted by Crippen LogP contribution is -2.55. The Hall–Kier alpha value is -4.64. The molecule has 2 aromatic carbocycles. The molecule has 1 aliphatic heterocycles. The molecular weight excluding hydrogens is 555 g/mol. The summed E-state index contributed by atoms with van der Waals surface area (Å²) in [6, 6.07) is 7.57. The summed E-state index contributed by atoms with van der Waals surface area (Å²) in [4.78, 5) is 53.5. The van der Waals surface area contributed by atoms with E-state index in [9.17, 15) is 32.3 Å². The second-order valence-corrected chi connectivity index (χ2v) is 9.86. The van der Waals surface area contributed by atoms with Crippen molar-refractivity contribution in [3.8, 4) is 6.07 Å². The van der Waals surface area contributed by atoms with Gasteiger partial charge in [-0.25, -0.2) is 14.6 Å². The molecule has 1 fully saturated rings. The Morgan fingerprint density at radius 3 is 2.36 bits per heavy atom. The molecule has 0 aromatic heterocycles. The number of urea groups is 1. The number of nitrogens with zero attached hydrogens (tertiary/aromatic N) is 3. The minimum atomic E-state index is -4.07. The highest BCUT2D eigenvalue weighted by Gasteiger charge is 2.41. The number of hydrazine groups is 1. The molecule has 42 heavy (non-hydrogen) atoms. The number of rotatable bonds is 8. The van der Waals surface area contributed by atoms with Gasteiger partial charge in [0.25, 0.3) is 0 Å². The molecule has 2 aromatic rings. The smallest absolute Gasteiger partial charge is 0.344 e. The van der Waals surface area contributed by atoms with E-state index in [-0.39, 0.29) is 29.5 Å². The molecule has 0 bridgehead atoms. The fraction of sp³-hybridized carbons (Fsp3) is 0.393. The van der Waals surface area contributed by atoms with Crippen LogP contribution in [0.3, 0.4) is 0 Å².